The van der Waals surface area contributed by atoms with Crippen LogP contribution in [0.25, 0.3) is 0 Å². The molecule has 0 aromatic heterocycles. The van der Waals surface area contributed by atoms with Gasteiger partial charge in [0.05, 0.1) is 0 Å². The van der Waals surface area contributed by atoms with Gasteiger partial charge in [0.2, 0.25) is 0 Å². The summed E-state index contributed by atoms with van der Waals surface area (Å²) in [4.78, 5) is 0. The molecule has 0 spiro atoms. The molecule has 0 saturated carbocycles. The van der Waals surface area contributed by atoms with E-state index in [2.05, 4.69) is 20.8 Å². The van der Waals surface area contributed by atoms with Crippen LogP contribution in [-0.4, -0.2) is 27.1 Å². The van der Waals surface area contributed by atoms with E-state index >= 15 is 0 Å². The molecule has 3 heteroatoms. The second-order valence-corrected chi connectivity index (χ2v) is 7.66. The van der Waals surface area contributed by atoms with Crippen LogP contribution in [0.1, 0.15) is 27.7 Å². The average molecular weight is 192 g/mol. The summed E-state index contributed by atoms with van der Waals surface area (Å²) in [5, 5.41) is 7.57. The van der Waals surface area contributed by atoms with Crippen LogP contribution in [0, 0.1) is 0 Å². The predicted octanol–water partition coefficient (Wildman–Crippen LogP) is 2.64. The first-order valence-corrected chi connectivity index (χ1v) is 7.35. The van der Waals surface area contributed by atoms with Crippen molar-refractivity contribution in [2.45, 2.75) is 45.8 Å². The van der Waals surface area contributed by atoms with Gasteiger partial charge in [0, 0.05) is 13.7 Å². The maximum Gasteiger partial charge on any atom is 0.191 e. The monoisotopic (exact) mass is 192 g/mol. The molecule has 12 heavy (non-hydrogen) atoms. The average Bonchev–Trinajstić information content (AvgIpc) is 2.11. The quantitative estimate of drug-likeness (QED) is 0.694. The second kappa shape index (κ2) is 9.23. The van der Waals surface area contributed by atoms with Crippen LogP contribution in [0.3, 0.4) is 0 Å². The molecule has 0 bridgehead atoms. The van der Waals surface area contributed by atoms with Crippen molar-refractivity contribution in [1.29, 1.82) is 0 Å². The van der Waals surface area contributed by atoms with Gasteiger partial charge in [-0.2, -0.15) is 0 Å². The summed E-state index contributed by atoms with van der Waals surface area (Å²) < 4.78 is 5.52. The van der Waals surface area contributed by atoms with Gasteiger partial charge >= 0.3 is 0 Å². The van der Waals surface area contributed by atoms with E-state index in [4.69, 9.17) is 9.53 Å². The summed E-state index contributed by atoms with van der Waals surface area (Å²) in [6.07, 6.45) is 0. The van der Waals surface area contributed by atoms with E-state index in [1.165, 1.54) is 18.1 Å². The number of hydrogen-bond donors (Lipinski definition) is 1. The lowest BCUT2D eigenvalue weighted by atomic mass is 10.9. The molecule has 0 aliphatic rings. The first kappa shape index (κ1) is 14.6. The Labute approximate surface area is 78.1 Å². The maximum absolute atomic E-state index is 7.57. The summed E-state index contributed by atoms with van der Waals surface area (Å²) in [5.74, 6) is 0. The van der Waals surface area contributed by atoms with Gasteiger partial charge in [-0.25, -0.2) is 0 Å². The molecule has 0 amide bonds. The molecule has 0 fully saturated rings. The maximum atomic E-state index is 7.57. The van der Waals surface area contributed by atoms with E-state index in [-0.39, 0.29) is 6.61 Å². The minimum Gasteiger partial charge on any atom is -0.420 e. The minimum atomic E-state index is -1.19. The normalized spacial score (nSPS) is 10.5. The van der Waals surface area contributed by atoms with Gasteiger partial charge in [-0.05, 0) is 25.1 Å². The van der Waals surface area contributed by atoms with Gasteiger partial charge in [0.25, 0.3) is 0 Å². The third-order valence-corrected chi connectivity index (χ3v) is 7.10. The summed E-state index contributed by atoms with van der Waals surface area (Å²) in [5.41, 5.74) is 0. The van der Waals surface area contributed by atoms with Crippen LogP contribution in [0.15, 0.2) is 0 Å². The number of aliphatic hydroxyl groups is 1. The first-order chi connectivity index (χ1) is 5.66. The molecule has 0 atom stereocenters. The predicted molar refractivity (Wildman–Crippen MR) is 57.0 cm³/mol. The zero-order chi connectivity index (χ0) is 10.0. The zero-order valence-corrected chi connectivity index (χ0v) is 10.2. The molecule has 76 valence electrons. The van der Waals surface area contributed by atoms with E-state index in [9.17, 15) is 0 Å². The van der Waals surface area contributed by atoms with Crippen LogP contribution < -0.4 is 0 Å². The molecule has 0 aliphatic heterocycles. The van der Waals surface area contributed by atoms with Crippen molar-refractivity contribution < 1.29 is 9.53 Å². The molecular formula is C9H24O2Si. The fourth-order valence-corrected chi connectivity index (χ4v) is 3.55. The van der Waals surface area contributed by atoms with Gasteiger partial charge in [-0.1, -0.05) is 20.8 Å². The molecule has 0 saturated heterocycles. The van der Waals surface area contributed by atoms with Gasteiger partial charge < -0.3 is 9.53 Å². The fraction of sp³-hybridized carbons (Fsp3) is 1.00. The summed E-state index contributed by atoms with van der Waals surface area (Å²) >= 11 is 0. The molecule has 0 aliphatic carbocycles. The molecule has 1 N–H and O–H groups in total. The molecule has 0 radical (unpaired) electrons. The van der Waals surface area contributed by atoms with Crippen molar-refractivity contribution >= 4 is 8.32 Å². The highest BCUT2D eigenvalue weighted by atomic mass is 28.4. The molecule has 0 unspecified atom stereocenters. The molecule has 0 aromatic carbocycles. The Bertz CT molecular complexity index is 65.1. The third kappa shape index (κ3) is 5.74. The Morgan fingerprint density at radius 3 is 1.25 bits per heavy atom. The van der Waals surface area contributed by atoms with E-state index in [0.717, 1.165) is 0 Å². The topological polar surface area (TPSA) is 29.5 Å². The van der Waals surface area contributed by atoms with Crippen LogP contribution in [-0.2, 0) is 4.43 Å². The molecule has 0 rings (SSSR count). The Morgan fingerprint density at radius 2 is 1.25 bits per heavy atom. The lowest BCUT2D eigenvalue weighted by molar-refractivity contribution is 0.318. The van der Waals surface area contributed by atoms with Gasteiger partial charge in [-0.15, -0.1) is 0 Å². The lowest BCUT2D eigenvalue weighted by Gasteiger charge is -2.24. The van der Waals surface area contributed by atoms with Crippen molar-refractivity contribution in [3.63, 3.8) is 0 Å². The molecule has 2 nitrogen and oxygen atoms in total. The van der Waals surface area contributed by atoms with Gasteiger partial charge in [-0.3, -0.25) is 0 Å². The van der Waals surface area contributed by atoms with E-state index in [1.807, 2.05) is 7.11 Å². The Hall–Kier alpha value is 0.137. The minimum absolute atomic E-state index is 0.250. The van der Waals surface area contributed by atoms with Crippen LogP contribution in [0.5, 0.6) is 0 Å². The fourth-order valence-electron chi connectivity index (χ4n) is 1.18. The lowest BCUT2D eigenvalue weighted by Crippen LogP contribution is -2.33. The molecule has 0 aromatic rings. The zero-order valence-electron chi connectivity index (χ0n) is 9.18. The Balaban J connectivity index is 0. The Morgan fingerprint density at radius 1 is 1.00 bits per heavy atom. The van der Waals surface area contributed by atoms with Crippen LogP contribution in [0.4, 0.5) is 0 Å². The largest absolute Gasteiger partial charge is 0.420 e. The van der Waals surface area contributed by atoms with Crippen LogP contribution >= 0.6 is 0 Å². The van der Waals surface area contributed by atoms with Gasteiger partial charge in [0.15, 0.2) is 8.32 Å². The van der Waals surface area contributed by atoms with Crippen molar-refractivity contribution in [3.8, 4) is 0 Å². The van der Waals surface area contributed by atoms with Crippen molar-refractivity contribution in [1.82, 2.24) is 0 Å². The van der Waals surface area contributed by atoms with E-state index in [1.54, 1.807) is 6.92 Å². The standard InChI is InChI=1S/C7H18OSi.C2H6O/c1-5-9(6-2,7-3)8-4;1-2-3/h5-7H2,1-4H3;3H,2H2,1H3. The van der Waals surface area contributed by atoms with Crippen molar-refractivity contribution in [2.75, 3.05) is 13.7 Å². The smallest absolute Gasteiger partial charge is 0.191 e. The van der Waals surface area contributed by atoms with Crippen molar-refractivity contribution in [3.05, 3.63) is 0 Å². The SMILES string of the molecule is CCO.CC[Si](CC)(CC)OC. The second-order valence-electron chi connectivity index (χ2n) is 2.76. The highest BCUT2D eigenvalue weighted by molar-refractivity contribution is 6.73. The van der Waals surface area contributed by atoms with E-state index in [0.29, 0.717) is 0 Å². The van der Waals surface area contributed by atoms with E-state index < -0.39 is 8.32 Å². The summed E-state index contributed by atoms with van der Waals surface area (Å²) in [6.45, 7) is 8.65. The Kier molecular flexibility index (Phi) is 11.3. The highest BCUT2D eigenvalue weighted by Gasteiger charge is 2.26. The van der Waals surface area contributed by atoms with Gasteiger partial charge in [0.1, 0.15) is 0 Å². The number of rotatable bonds is 4. The number of hydrogen-bond acceptors (Lipinski definition) is 2. The summed E-state index contributed by atoms with van der Waals surface area (Å²) in [7, 11) is 0.672. The van der Waals surface area contributed by atoms with Crippen LogP contribution in [0.2, 0.25) is 18.1 Å². The number of aliphatic hydroxyl groups excluding tert-OH is 1. The van der Waals surface area contributed by atoms with Crippen molar-refractivity contribution in [2.24, 2.45) is 0 Å². The highest BCUT2D eigenvalue weighted by Crippen LogP contribution is 2.19. The molecule has 0 heterocycles. The first-order valence-electron chi connectivity index (χ1n) is 4.82. The summed E-state index contributed by atoms with van der Waals surface area (Å²) in [6, 6.07) is 3.78. The molecular weight excluding hydrogens is 168 g/mol. The third-order valence-electron chi connectivity index (χ3n) is 2.37.